The maximum Gasteiger partial charge on any atom is 0.151 e. The molecule has 2 heterocycles. The van der Waals surface area contributed by atoms with Gasteiger partial charge in [-0.15, -0.1) is 0 Å². The molecule has 0 bridgehead atoms. The van der Waals surface area contributed by atoms with Crippen LogP contribution in [0.2, 0.25) is 0 Å². The molecule has 1 aliphatic rings. The average molecular weight is 356 g/mol. The summed E-state index contributed by atoms with van der Waals surface area (Å²) >= 11 is 0. The summed E-state index contributed by atoms with van der Waals surface area (Å²) in [5.74, 6) is 2.15. The number of aromatic nitrogens is 3. The summed E-state index contributed by atoms with van der Waals surface area (Å²) in [6.45, 7) is 6.60. The minimum atomic E-state index is 0.528. The van der Waals surface area contributed by atoms with Crippen LogP contribution < -0.4 is 0 Å². The van der Waals surface area contributed by atoms with E-state index in [1.165, 1.54) is 12.0 Å². The van der Waals surface area contributed by atoms with E-state index in [1.807, 2.05) is 0 Å². The Morgan fingerprint density at radius 3 is 2.65 bits per heavy atom. The lowest BCUT2D eigenvalue weighted by atomic mass is 10.1. The van der Waals surface area contributed by atoms with Crippen LogP contribution in [0, 0.1) is 0 Å². The number of nitrogens with zero attached hydrogens (tertiary/aromatic N) is 5. The SMILES string of the molecule is CCCCn1nc(CCc2ccccc2)nc1C[C@@H]1CN(C)CCN1C. The molecule has 1 aliphatic heterocycles. The van der Waals surface area contributed by atoms with Gasteiger partial charge in [0.15, 0.2) is 5.82 Å². The van der Waals surface area contributed by atoms with Crippen LogP contribution in [0.4, 0.5) is 0 Å². The third kappa shape index (κ3) is 5.15. The summed E-state index contributed by atoms with van der Waals surface area (Å²) in [4.78, 5) is 9.84. The fraction of sp³-hybridized carbons (Fsp3) is 0.619. The predicted molar refractivity (Wildman–Crippen MR) is 106 cm³/mol. The van der Waals surface area contributed by atoms with Gasteiger partial charge in [0.25, 0.3) is 0 Å². The minimum absolute atomic E-state index is 0.528. The van der Waals surface area contributed by atoms with Crippen LogP contribution in [-0.4, -0.2) is 64.3 Å². The maximum atomic E-state index is 4.94. The lowest BCUT2D eigenvalue weighted by Crippen LogP contribution is -2.51. The van der Waals surface area contributed by atoms with Gasteiger partial charge in [0, 0.05) is 45.1 Å². The molecular formula is C21H33N5. The number of hydrogen-bond acceptors (Lipinski definition) is 4. The summed E-state index contributed by atoms with van der Waals surface area (Å²) in [6.07, 6.45) is 5.25. The molecule has 2 aromatic rings. The Morgan fingerprint density at radius 1 is 1.08 bits per heavy atom. The highest BCUT2D eigenvalue weighted by atomic mass is 15.4. The van der Waals surface area contributed by atoms with Gasteiger partial charge in [0.05, 0.1) is 0 Å². The van der Waals surface area contributed by atoms with Crippen LogP contribution in [0.3, 0.4) is 0 Å². The molecule has 5 nitrogen and oxygen atoms in total. The van der Waals surface area contributed by atoms with Gasteiger partial charge in [0.2, 0.25) is 0 Å². The van der Waals surface area contributed by atoms with Gasteiger partial charge < -0.3 is 9.80 Å². The molecule has 5 heteroatoms. The van der Waals surface area contributed by atoms with Gasteiger partial charge in [-0.05, 0) is 32.5 Å². The van der Waals surface area contributed by atoms with E-state index in [0.717, 1.165) is 63.5 Å². The highest BCUT2D eigenvalue weighted by molar-refractivity contribution is 5.15. The summed E-state index contributed by atoms with van der Waals surface area (Å²) in [5, 5.41) is 4.85. The molecule has 0 spiro atoms. The fourth-order valence-electron chi connectivity index (χ4n) is 3.60. The molecule has 0 radical (unpaired) electrons. The molecule has 1 aromatic heterocycles. The van der Waals surface area contributed by atoms with Crippen molar-refractivity contribution in [2.45, 2.75) is 51.6 Å². The maximum absolute atomic E-state index is 4.94. The molecule has 0 amide bonds. The normalized spacial score (nSPS) is 19.1. The summed E-state index contributed by atoms with van der Waals surface area (Å²) in [7, 11) is 4.45. The van der Waals surface area contributed by atoms with Crippen molar-refractivity contribution in [1.82, 2.24) is 24.6 Å². The molecular weight excluding hydrogens is 322 g/mol. The van der Waals surface area contributed by atoms with Crippen molar-refractivity contribution in [3.05, 3.63) is 47.5 Å². The molecule has 1 atom stereocenters. The van der Waals surface area contributed by atoms with E-state index in [-0.39, 0.29) is 0 Å². The largest absolute Gasteiger partial charge is 0.304 e. The Balaban J connectivity index is 1.69. The zero-order chi connectivity index (χ0) is 18.4. The van der Waals surface area contributed by atoms with E-state index in [0.29, 0.717) is 6.04 Å². The second-order valence-electron chi connectivity index (χ2n) is 7.61. The van der Waals surface area contributed by atoms with Crippen molar-refractivity contribution in [2.24, 2.45) is 0 Å². The number of piperazine rings is 1. The van der Waals surface area contributed by atoms with E-state index in [1.54, 1.807) is 0 Å². The van der Waals surface area contributed by atoms with Crippen molar-refractivity contribution in [3.63, 3.8) is 0 Å². The second-order valence-corrected chi connectivity index (χ2v) is 7.61. The van der Waals surface area contributed by atoms with E-state index >= 15 is 0 Å². The average Bonchev–Trinajstić information content (AvgIpc) is 3.04. The molecule has 0 saturated carbocycles. The van der Waals surface area contributed by atoms with Gasteiger partial charge in [-0.2, -0.15) is 5.10 Å². The summed E-state index contributed by atoms with van der Waals surface area (Å²) in [6, 6.07) is 11.2. The molecule has 1 saturated heterocycles. The van der Waals surface area contributed by atoms with Crippen molar-refractivity contribution < 1.29 is 0 Å². The lowest BCUT2D eigenvalue weighted by Gasteiger charge is -2.37. The fourth-order valence-corrected chi connectivity index (χ4v) is 3.60. The van der Waals surface area contributed by atoms with Crippen LogP contribution in [0.15, 0.2) is 30.3 Å². The Labute approximate surface area is 158 Å². The lowest BCUT2D eigenvalue weighted by molar-refractivity contribution is 0.112. The van der Waals surface area contributed by atoms with E-state index in [4.69, 9.17) is 10.1 Å². The highest BCUT2D eigenvalue weighted by Crippen LogP contribution is 2.14. The number of hydrogen-bond donors (Lipinski definition) is 0. The molecule has 142 valence electrons. The minimum Gasteiger partial charge on any atom is -0.304 e. The zero-order valence-corrected chi connectivity index (χ0v) is 16.6. The molecule has 1 aromatic carbocycles. The van der Waals surface area contributed by atoms with Gasteiger partial charge in [-0.3, -0.25) is 0 Å². The van der Waals surface area contributed by atoms with E-state index in [9.17, 15) is 0 Å². The Bertz CT molecular complexity index is 666. The highest BCUT2D eigenvalue weighted by Gasteiger charge is 2.24. The van der Waals surface area contributed by atoms with Crippen LogP contribution in [0.5, 0.6) is 0 Å². The van der Waals surface area contributed by atoms with Crippen LogP contribution >= 0.6 is 0 Å². The first kappa shape index (κ1) is 19.1. The van der Waals surface area contributed by atoms with Gasteiger partial charge in [-0.25, -0.2) is 9.67 Å². The number of likely N-dealkylation sites (N-methyl/N-ethyl adjacent to an activating group) is 2. The summed E-state index contributed by atoms with van der Waals surface area (Å²) in [5.41, 5.74) is 1.35. The topological polar surface area (TPSA) is 37.2 Å². The van der Waals surface area contributed by atoms with Gasteiger partial charge in [0.1, 0.15) is 5.82 Å². The number of rotatable bonds is 8. The Kier molecular flexibility index (Phi) is 6.80. The first-order valence-corrected chi connectivity index (χ1v) is 10.0. The van der Waals surface area contributed by atoms with Gasteiger partial charge >= 0.3 is 0 Å². The predicted octanol–water partition coefficient (Wildman–Crippen LogP) is 2.65. The molecule has 1 fully saturated rings. The number of unbranched alkanes of at least 4 members (excludes halogenated alkanes) is 1. The van der Waals surface area contributed by atoms with Gasteiger partial charge in [-0.1, -0.05) is 43.7 Å². The third-order valence-corrected chi connectivity index (χ3v) is 5.39. The quantitative estimate of drug-likeness (QED) is 0.729. The smallest absolute Gasteiger partial charge is 0.151 e. The van der Waals surface area contributed by atoms with Crippen molar-refractivity contribution in [1.29, 1.82) is 0 Å². The summed E-state index contributed by atoms with van der Waals surface area (Å²) < 4.78 is 2.17. The van der Waals surface area contributed by atoms with Crippen LogP contribution in [0.25, 0.3) is 0 Å². The van der Waals surface area contributed by atoms with Crippen molar-refractivity contribution in [2.75, 3.05) is 33.7 Å². The third-order valence-electron chi connectivity index (χ3n) is 5.39. The first-order valence-electron chi connectivity index (χ1n) is 10.0. The Morgan fingerprint density at radius 2 is 1.88 bits per heavy atom. The Hall–Kier alpha value is -1.72. The standard InChI is InChI=1S/C21H33N5/c1-4-5-13-26-21(16-19-17-24(2)14-15-25(19)3)22-20(23-26)12-11-18-9-7-6-8-10-18/h6-10,19H,4-5,11-17H2,1-3H3/t19-/m1/s1. The van der Waals surface area contributed by atoms with Crippen molar-refractivity contribution >= 4 is 0 Å². The molecule has 26 heavy (non-hydrogen) atoms. The molecule has 0 aliphatic carbocycles. The molecule has 0 unspecified atom stereocenters. The molecule has 0 N–H and O–H groups in total. The second kappa shape index (κ2) is 9.28. The monoisotopic (exact) mass is 355 g/mol. The zero-order valence-electron chi connectivity index (χ0n) is 16.6. The van der Waals surface area contributed by atoms with Crippen LogP contribution in [0.1, 0.15) is 37.0 Å². The first-order chi connectivity index (χ1) is 12.7. The molecule has 3 rings (SSSR count). The van der Waals surface area contributed by atoms with Crippen LogP contribution in [-0.2, 0) is 25.8 Å². The number of aryl methyl sites for hydroxylation is 3. The number of benzene rings is 1. The van der Waals surface area contributed by atoms with E-state index in [2.05, 4.69) is 65.8 Å². The van der Waals surface area contributed by atoms with E-state index < -0.39 is 0 Å². The van der Waals surface area contributed by atoms with Crippen molar-refractivity contribution in [3.8, 4) is 0 Å².